The van der Waals surface area contributed by atoms with Crippen molar-refractivity contribution in [3.05, 3.63) is 93.6 Å². The van der Waals surface area contributed by atoms with Crippen LogP contribution in [0.1, 0.15) is 44.7 Å². The Labute approximate surface area is 245 Å². The van der Waals surface area contributed by atoms with Gasteiger partial charge < -0.3 is 10.2 Å². The number of benzene rings is 3. The van der Waals surface area contributed by atoms with Crippen molar-refractivity contribution in [1.82, 2.24) is 10.2 Å². The molecule has 0 aromatic heterocycles. The van der Waals surface area contributed by atoms with Crippen molar-refractivity contribution in [2.75, 3.05) is 10.8 Å². The molecule has 0 bridgehead atoms. The molecule has 0 fully saturated rings. The Morgan fingerprint density at radius 2 is 1.51 bits per heavy atom. The van der Waals surface area contributed by atoms with Crippen molar-refractivity contribution in [3.8, 4) is 0 Å². The lowest BCUT2D eigenvalue weighted by molar-refractivity contribution is -0.140. The Hall–Kier alpha value is -2.92. The standard InChI is InChI=1S/C30H36IN3O4S/c1-5-23(4)32-30(36)28(6-2)33(20-24-13-11-10-12-22(24)3)29(35)21-34(26-18-16-25(31)17-19-26)39(37,38)27-14-8-7-9-15-27/h7-19,23,28H,5-6,20-21H2,1-4H3,(H,32,36)/t23-,28-/m1/s1. The molecular formula is C30H36IN3O4S. The van der Waals surface area contributed by atoms with E-state index in [0.29, 0.717) is 12.1 Å². The third kappa shape index (κ3) is 7.82. The predicted octanol–water partition coefficient (Wildman–Crippen LogP) is 5.52. The van der Waals surface area contributed by atoms with E-state index in [0.717, 1.165) is 25.4 Å². The molecule has 2 amide bonds. The molecule has 208 valence electrons. The molecule has 0 aliphatic rings. The van der Waals surface area contributed by atoms with Gasteiger partial charge >= 0.3 is 0 Å². The van der Waals surface area contributed by atoms with Gasteiger partial charge in [0.25, 0.3) is 10.0 Å². The minimum absolute atomic E-state index is 0.0521. The first-order chi connectivity index (χ1) is 18.6. The SMILES string of the molecule is CC[C@@H](C)NC(=O)[C@@H](CC)N(Cc1ccccc1C)C(=O)CN(c1ccc(I)cc1)S(=O)(=O)c1ccccc1. The monoisotopic (exact) mass is 661 g/mol. The number of carbonyl (C=O) groups is 2. The zero-order chi connectivity index (χ0) is 28.6. The number of nitrogens with one attached hydrogen (secondary N) is 1. The van der Waals surface area contributed by atoms with Gasteiger partial charge in [-0.25, -0.2) is 8.42 Å². The van der Waals surface area contributed by atoms with Gasteiger partial charge in [0, 0.05) is 16.2 Å². The molecule has 0 spiro atoms. The molecule has 7 nitrogen and oxygen atoms in total. The van der Waals surface area contributed by atoms with E-state index < -0.39 is 28.5 Å². The maximum Gasteiger partial charge on any atom is 0.264 e. The first kappa shape index (κ1) is 30.6. The average molecular weight is 662 g/mol. The summed E-state index contributed by atoms with van der Waals surface area (Å²) < 4.78 is 29.7. The molecule has 3 aromatic carbocycles. The summed E-state index contributed by atoms with van der Waals surface area (Å²) in [5, 5.41) is 3.00. The fourth-order valence-corrected chi connectivity index (χ4v) is 5.98. The summed E-state index contributed by atoms with van der Waals surface area (Å²) in [7, 11) is -4.07. The van der Waals surface area contributed by atoms with Crippen molar-refractivity contribution < 1.29 is 18.0 Å². The van der Waals surface area contributed by atoms with Crippen LogP contribution in [0.25, 0.3) is 0 Å². The molecule has 0 saturated carbocycles. The molecule has 0 unspecified atom stereocenters. The summed E-state index contributed by atoms with van der Waals surface area (Å²) in [5.74, 6) is -0.706. The highest BCUT2D eigenvalue weighted by atomic mass is 127. The van der Waals surface area contributed by atoms with Crippen LogP contribution in [0.15, 0.2) is 83.8 Å². The minimum Gasteiger partial charge on any atom is -0.352 e. The van der Waals surface area contributed by atoms with Gasteiger partial charge in [-0.2, -0.15) is 0 Å². The van der Waals surface area contributed by atoms with Crippen molar-refractivity contribution in [3.63, 3.8) is 0 Å². The summed E-state index contributed by atoms with van der Waals surface area (Å²) in [6.45, 7) is 7.45. The number of nitrogens with zero attached hydrogens (tertiary/aromatic N) is 2. The van der Waals surface area contributed by atoms with E-state index in [1.165, 1.54) is 17.0 Å². The first-order valence-electron chi connectivity index (χ1n) is 13.1. The second-order valence-corrected chi connectivity index (χ2v) is 12.6. The number of hydrogen-bond donors (Lipinski definition) is 1. The molecule has 1 N–H and O–H groups in total. The highest BCUT2D eigenvalue weighted by molar-refractivity contribution is 14.1. The van der Waals surface area contributed by atoms with E-state index in [1.54, 1.807) is 42.5 Å². The Bertz CT molecular complexity index is 1360. The number of rotatable bonds is 12. The van der Waals surface area contributed by atoms with Crippen LogP contribution in [0.5, 0.6) is 0 Å². The molecule has 0 saturated heterocycles. The van der Waals surface area contributed by atoms with Crippen molar-refractivity contribution in [2.45, 2.75) is 64.1 Å². The Morgan fingerprint density at radius 3 is 2.10 bits per heavy atom. The van der Waals surface area contributed by atoms with Crippen LogP contribution in [0.3, 0.4) is 0 Å². The van der Waals surface area contributed by atoms with E-state index in [1.807, 2.05) is 52.0 Å². The first-order valence-corrected chi connectivity index (χ1v) is 15.6. The number of amides is 2. The molecule has 0 radical (unpaired) electrons. The van der Waals surface area contributed by atoms with E-state index in [9.17, 15) is 18.0 Å². The average Bonchev–Trinajstić information content (AvgIpc) is 2.93. The second kappa shape index (κ2) is 13.9. The van der Waals surface area contributed by atoms with E-state index in [4.69, 9.17) is 0 Å². The van der Waals surface area contributed by atoms with Gasteiger partial charge in [0.05, 0.1) is 10.6 Å². The van der Waals surface area contributed by atoms with E-state index >= 15 is 0 Å². The van der Waals surface area contributed by atoms with Gasteiger partial charge in [-0.15, -0.1) is 0 Å². The zero-order valence-corrected chi connectivity index (χ0v) is 25.8. The molecule has 39 heavy (non-hydrogen) atoms. The molecule has 3 aromatic rings. The smallest absolute Gasteiger partial charge is 0.264 e. The predicted molar refractivity (Wildman–Crippen MR) is 164 cm³/mol. The minimum atomic E-state index is -4.07. The van der Waals surface area contributed by atoms with Gasteiger partial charge in [-0.3, -0.25) is 13.9 Å². The lowest BCUT2D eigenvalue weighted by Crippen LogP contribution is -2.53. The summed E-state index contributed by atoms with van der Waals surface area (Å²) in [5.41, 5.74) is 2.26. The van der Waals surface area contributed by atoms with Gasteiger partial charge in [0.1, 0.15) is 12.6 Å². The maximum atomic E-state index is 14.1. The van der Waals surface area contributed by atoms with Crippen molar-refractivity contribution >= 4 is 50.1 Å². The van der Waals surface area contributed by atoms with Crippen LogP contribution in [0.4, 0.5) is 5.69 Å². The Balaban J connectivity index is 2.05. The summed E-state index contributed by atoms with van der Waals surface area (Å²) in [6.07, 6.45) is 1.14. The van der Waals surface area contributed by atoms with E-state index in [2.05, 4.69) is 27.9 Å². The fourth-order valence-electron chi connectivity index (χ4n) is 4.19. The van der Waals surface area contributed by atoms with Crippen LogP contribution in [0.2, 0.25) is 0 Å². The van der Waals surface area contributed by atoms with Crippen LogP contribution >= 0.6 is 22.6 Å². The van der Waals surface area contributed by atoms with Crippen LogP contribution in [0, 0.1) is 10.5 Å². The van der Waals surface area contributed by atoms with E-state index in [-0.39, 0.29) is 23.4 Å². The summed E-state index contributed by atoms with van der Waals surface area (Å²) in [6, 6.07) is 21.9. The van der Waals surface area contributed by atoms with Gasteiger partial charge in [0.2, 0.25) is 11.8 Å². The number of sulfonamides is 1. The lowest BCUT2D eigenvalue weighted by Gasteiger charge is -2.34. The quantitative estimate of drug-likeness (QED) is 0.259. The lowest BCUT2D eigenvalue weighted by atomic mass is 10.1. The van der Waals surface area contributed by atoms with Crippen molar-refractivity contribution in [2.24, 2.45) is 0 Å². The normalized spacial score (nSPS) is 12.8. The summed E-state index contributed by atoms with van der Waals surface area (Å²) in [4.78, 5) is 29.0. The third-order valence-electron chi connectivity index (χ3n) is 6.71. The van der Waals surface area contributed by atoms with Crippen LogP contribution in [-0.2, 0) is 26.2 Å². The van der Waals surface area contributed by atoms with Gasteiger partial charge in [0.15, 0.2) is 0 Å². The molecule has 0 heterocycles. The number of halogens is 1. The van der Waals surface area contributed by atoms with Crippen LogP contribution in [-0.4, -0.2) is 43.8 Å². The fraction of sp³-hybridized carbons (Fsp3) is 0.333. The molecule has 3 rings (SSSR count). The van der Waals surface area contributed by atoms with Crippen molar-refractivity contribution in [1.29, 1.82) is 0 Å². The number of carbonyl (C=O) groups excluding carboxylic acids is 2. The Kier molecular flexibility index (Phi) is 10.9. The molecule has 9 heteroatoms. The maximum absolute atomic E-state index is 14.1. The molecule has 0 aliphatic carbocycles. The number of hydrogen-bond acceptors (Lipinski definition) is 4. The third-order valence-corrected chi connectivity index (χ3v) is 9.22. The molecular weight excluding hydrogens is 625 g/mol. The number of anilines is 1. The highest BCUT2D eigenvalue weighted by Crippen LogP contribution is 2.26. The zero-order valence-electron chi connectivity index (χ0n) is 22.8. The second-order valence-electron chi connectivity index (χ2n) is 9.49. The van der Waals surface area contributed by atoms with Crippen LogP contribution < -0.4 is 9.62 Å². The highest BCUT2D eigenvalue weighted by Gasteiger charge is 2.34. The topological polar surface area (TPSA) is 86.8 Å². The summed E-state index contributed by atoms with van der Waals surface area (Å²) >= 11 is 2.15. The Morgan fingerprint density at radius 1 is 0.897 bits per heavy atom. The van der Waals surface area contributed by atoms with Gasteiger partial charge in [-0.1, -0.05) is 56.3 Å². The molecule has 0 aliphatic heterocycles. The largest absolute Gasteiger partial charge is 0.352 e. The molecule has 2 atom stereocenters. The van der Waals surface area contributed by atoms with Gasteiger partial charge in [-0.05, 0) is 96.8 Å². The number of aryl methyl sites for hydroxylation is 1.